The first-order chi connectivity index (χ1) is 7.51. The Balaban J connectivity index is 2.46. The van der Waals surface area contributed by atoms with Crippen molar-refractivity contribution in [3.8, 4) is 0 Å². The van der Waals surface area contributed by atoms with E-state index in [0.717, 1.165) is 25.0 Å². The SMILES string of the molecule is O=S(=O)(c1cc(Cl)ccc1F)N1CCCC1. The smallest absolute Gasteiger partial charge is 0.207 e. The fraction of sp³-hybridized carbons (Fsp3) is 0.400. The van der Waals surface area contributed by atoms with E-state index in [1.807, 2.05) is 0 Å². The van der Waals surface area contributed by atoms with Crippen LogP contribution >= 0.6 is 11.6 Å². The molecule has 1 aromatic carbocycles. The summed E-state index contributed by atoms with van der Waals surface area (Å²) in [5.41, 5.74) is 0. The summed E-state index contributed by atoms with van der Waals surface area (Å²) in [6.07, 6.45) is 1.64. The molecule has 0 amide bonds. The van der Waals surface area contributed by atoms with Crippen LogP contribution in [-0.2, 0) is 10.0 Å². The van der Waals surface area contributed by atoms with E-state index in [2.05, 4.69) is 0 Å². The summed E-state index contributed by atoms with van der Waals surface area (Å²) in [6, 6.07) is 3.57. The molecule has 0 atom stereocenters. The molecule has 0 saturated carbocycles. The highest BCUT2D eigenvalue weighted by atomic mass is 35.5. The molecule has 1 aliphatic heterocycles. The normalized spacial score (nSPS) is 17.9. The van der Waals surface area contributed by atoms with Gasteiger partial charge in [0.15, 0.2) is 0 Å². The van der Waals surface area contributed by atoms with E-state index in [1.165, 1.54) is 10.4 Å². The van der Waals surface area contributed by atoms with E-state index >= 15 is 0 Å². The zero-order chi connectivity index (χ0) is 11.8. The van der Waals surface area contributed by atoms with Crippen LogP contribution in [0, 0.1) is 5.82 Å². The number of halogens is 2. The fourth-order valence-electron chi connectivity index (χ4n) is 1.74. The highest BCUT2D eigenvalue weighted by Crippen LogP contribution is 2.25. The Bertz CT molecular complexity index is 498. The van der Waals surface area contributed by atoms with Gasteiger partial charge in [-0.2, -0.15) is 4.31 Å². The monoisotopic (exact) mass is 263 g/mol. The van der Waals surface area contributed by atoms with Gasteiger partial charge in [-0.3, -0.25) is 0 Å². The van der Waals surface area contributed by atoms with Crippen LogP contribution in [0.15, 0.2) is 23.1 Å². The molecule has 0 radical (unpaired) electrons. The van der Waals surface area contributed by atoms with E-state index < -0.39 is 15.8 Å². The molecule has 3 nitrogen and oxygen atoms in total. The van der Waals surface area contributed by atoms with E-state index in [1.54, 1.807) is 0 Å². The Labute approximate surface area is 98.9 Å². The van der Waals surface area contributed by atoms with E-state index in [9.17, 15) is 12.8 Å². The van der Waals surface area contributed by atoms with Gasteiger partial charge in [-0.25, -0.2) is 12.8 Å². The van der Waals surface area contributed by atoms with Gasteiger partial charge < -0.3 is 0 Å². The van der Waals surface area contributed by atoms with E-state index in [4.69, 9.17) is 11.6 Å². The fourth-order valence-corrected chi connectivity index (χ4v) is 3.59. The van der Waals surface area contributed by atoms with Gasteiger partial charge in [-0.05, 0) is 31.0 Å². The average Bonchev–Trinajstić information content (AvgIpc) is 2.75. The van der Waals surface area contributed by atoms with Gasteiger partial charge >= 0.3 is 0 Å². The van der Waals surface area contributed by atoms with Crippen molar-refractivity contribution in [2.45, 2.75) is 17.7 Å². The average molecular weight is 264 g/mol. The van der Waals surface area contributed by atoms with Gasteiger partial charge in [0, 0.05) is 18.1 Å². The quantitative estimate of drug-likeness (QED) is 0.821. The summed E-state index contributed by atoms with van der Waals surface area (Å²) >= 11 is 5.68. The van der Waals surface area contributed by atoms with Gasteiger partial charge in [0.05, 0.1) is 0 Å². The second-order valence-corrected chi connectivity index (χ2v) is 6.03. The van der Waals surface area contributed by atoms with Crippen molar-refractivity contribution in [2.75, 3.05) is 13.1 Å². The minimum absolute atomic E-state index is 0.221. The predicted octanol–water partition coefficient (Wildman–Crippen LogP) is 2.26. The summed E-state index contributed by atoms with van der Waals surface area (Å²) in [5.74, 6) is -0.753. The third-order valence-electron chi connectivity index (χ3n) is 2.58. The Morgan fingerprint density at radius 3 is 2.50 bits per heavy atom. The molecule has 0 unspecified atom stereocenters. The minimum Gasteiger partial charge on any atom is -0.207 e. The molecule has 0 N–H and O–H groups in total. The second kappa shape index (κ2) is 4.31. The molecule has 88 valence electrons. The molecule has 1 heterocycles. The van der Waals surface area contributed by atoms with Gasteiger partial charge in [0.1, 0.15) is 10.7 Å². The number of rotatable bonds is 2. The van der Waals surface area contributed by atoms with Crippen molar-refractivity contribution in [2.24, 2.45) is 0 Å². The van der Waals surface area contributed by atoms with Crippen LogP contribution in [0.25, 0.3) is 0 Å². The zero-order valence-electron chi connectivity index (χ0n) is 8.49. The molecule has 16 heavy (non-hydrogen) atoms. The van der Waals surface area contributed by atoms with Crippen molar-refractivity contribution in [3.63, 3.8) is 0 Å². The standard InChI is InChI=1S/C10H11ClFNO2S/c11-8-3-4-9(12)10(7-8)16(14,15)13-5-1-2-6-13/h3-4,7H,1-2,5-6H2. The highest BCUT2D eigenvalue weighted by Gasteiger charge is 2.29. The molecule has 2 rings (SSSR count). The van der Waals surface area contributed by atoms with E-state index in [0.29, 0.717) is 13.1 Å². The lowest BCUT2D eigenvalue weighted by atomic mass is 10.3. The maximum absolute atomic E-state index is 13.5. The van der Waals surface area contributed by atoms with Crippen molar-refractivity contribution in [1.29, 1.82) is 0 Å². The molecule has 0 spiro atoms. The van der Waals surface area contributed by atoms with Crippen LogP contribution < -0.4 is 0 Å². The number of hydrogen-bond donors (Lipinski definition) is 0. The van der Waals surface area contributed by atoms with E-state index in [-0.39, 0.29) is 9.92 Å². The lowest BCUT2D eigenvalue weighted by Gasteiger charge is -2.15. The molecule has 1 aromatic rings. The first-order valence-electron chi connectivity index (χ1n) is 4.97. The lowest BCUT2D eigenvalue weighted by molar-refractivity contribution is 0.469. The Kier molecular flexibility index (Phi) is 3.19. The summed E-state index contributed by atoms with van der Waals surface area (Å²) in [5, 5.41) is 0.221. The number of nitrogens with zero attached hydrogens (tertiary/aromatic N) is 1. The van der Waals surface area contributed by atoms with Gasteiger partial charge in [0.2, 0.25) is 10.0 Å². The van der Waals surface area contributed by atoms with Crippen LogP contribution in [0.4, 0.5) is 4.39 Å². The van der Waals surface area contributed by atoms with Crippen LogP contribution in [0.5, 0.6) is 0 Å². The molecule has 0 aromatic heterocycles. The predicted molar refractivity (Wildman–Crippen MR) is 59.4 cm³/mol. The summed E-state index contributed by atoms with van der Waals surface area (Å²) in [6.45, 7) is 0.905. The largest absolute Gasteiger partial charge is 0.246 e. The van der Waals surface area contributed by atoms with Crippen molar-refractivity contribution < 1.29 is 12.8 Å². The van der Waals surface area contributed by atoms with Crippen LogP contribution in [0.2, 0.25) is 5.02 Å². The third-order valence-corrected chi connectivity index (χ3v) is 4.72. The van der Waals surface area contributed by atoms with Crippen molar-refractivity contribution >= 4 is 21.6 Å². The van der Waals surface area contributed by atoms with Crippen LogP contribution in [-0.4, -0.2) is 25.8 Å². The molecule has 0 aliphatic carbocycles. The molecule has 1 saturated heterocycles. The lowest BCUT2D eigenvalue weighted by Crippen LogP contribution is -2.28. The third kappa shape index (κ3) is 2.07. The van der Waals surface area contributed by atoms with Gasteiger partial charge in [0.25, 0.3) is 0 Å². The van der Waals surface area contributed by atoms with Crippen molar-refractivity contribution in [3.05, 3.63) is 29.0 Å². The second-order valence-electron chi connectivity index (χ2n) is 3.69. The first kappa shape index (κ1) is 11.8. The maximum Gasteiger partial charge on any atom is 0.246 e. The molecular formula is C10H11ClFNO2S. The Hall–Kier alpha value is -0.650. The Morgan fingerprint density at radius 2 is 1.88 bits per heavy atom. The minimum atomic E-state index is -3.72. The topological polar surface area (TPSA) is 37.4 Å². The maximum atomic E-state index is 13.5. The van der Waals surface area contributed by atoms with Crippen LogP contribution in [0.1, 0.15) is 12.8 Å². The summed E-state index contributed by atoms with van der Waals surface area (Å²) < 4.78 is 38.8. The molecule has 6 heteroatoms. The highest BCUT2D eigenvalue weighted by molar-refractivity contribution is 7.89. The van der Waals surface area contributed by atoms with Crippen molar-refractivity contribution in [1.82, 2.24) is 4.31 Å². The first-order valence-corrected chi connectivity index (χ1v) is 6.79. The zero-order valence-corrected chi connectivity index (χ0v) is 10.1. The van der Waals surface area contributed by atoms with Crippen LogP contribution in [0.3, 0.4) is 0 Å². The summed E-state index contributed by atoms with van der Waals surface area (Å²) in [4.78, 5) is -0.332. The molecular weight excluding hydrogens is 253 g/mol. The molecule has 1 aliphatic rings. The Morgan fingerprint density at radius 1 is 1.25 bits per heavy atom. The number of benzene rings is 1. The number of sulfonamides is 1. The molecule has 0 bridgehead atoms. The van der Waals surface area contributed by atoms with Gasteiger partial charge in [-0.15, -0.1) is 0 Å². The number of hydrogen-bond acceptors (Lipinski definition) is 2. The summed E-state index contributed by atoms with van der Waals surface area (Å²) in [7, 11) is -3.72. The molecule has 1 fully saturated rings. The van der Waals surface area contributed by atoms with Gasteiger partial charge in [-0.1, -0.05) is 11.6 Å².